The van der Waals surface area contributed by atoms with Crippen molar-refractivity contribution in [2.75, 3.05) is 38.7 Å². The van der Waals surface area contributed by atoms with Crippen LogP contribution in [0.1, 0.15) is 0 Å². The van der Waals surface area contributed by atoms with E-state index in [0.29, 0.717) is 11.9 Å². The van der Waals surface area contributed by atoms with Crippen molar-refractivity contribution in [2.24, 2.45) is 0 Å². The quantitative estimate of drug-likeness (QED) is 0.872. The number of hydrazine groups is 1. The van der Waals surface area contributed by atoms with Crippen LogP contribution in [0.5, 0.6) is 0 Å². The lowest BCUT2D eigenvalue weighted by Crippen LogP contribution is -2.47. The number of piperazine rings is 1. The molecule has 0 radical (unpaired) electrons. The van der Waals surface area contributed by atoms with Crippen molar-refractivity contribution < 1.29 is 0 Å². The summed E-state index contributed by atoms with van der Waals surface area (Å²) in [6, 6.07) is 1.80. The number of hydrogen-bond acceptors (Lipinski definition) is 7. The standard InChI is InChI=1S/C11H15ClN8/c1-18-5-7-19(8-6-18)17-10-14-9(12)15-11(16-10)20-4-2-3-13-20/h2-4H,5-8H2,1H3,(H,14,15,16,17). The van der Waals surface area contributed by atoms with E-state index >= 15 is 0 Å². The zero-order valence-electron chi connectivity index (χ0n) is 11.1. The topological polar surface area (TPSA) is 75.0 Å². The highest BCUT2D eigenvalue weighted by molar-refractivity contribution is 6.28. The second kappa shape index (κ2) is 5.70. The predicted octanol–water partition coefficient (Wildman–Crippen LogP) is 0.285. The molecule has 0 bridgehead atoms. The third kappa shape index (κ3) is 3.03. The van der Waals surface area contributed by atoms with E-state index < -0.39 is 0 Å². The van der Waals surface area contributed by atoms with Crippen LogP contribution >= 0.6 is 11.6 Å². The minimum absolute atomic E-state index is 0.141. The first kappa shape index (κ1) is 13.2. The minimum atomic E-state index is 0.141. The number of nitrogens with zero attached hydrogens (tertiary/aromatic N) is 7. The van der Waals surface area contributed by atoms with Gasteiger partial charge in [-0.3, -0.25) is 5.43 Å². The Bertz CT molecular complexity index is 564. The molecule has 0 spiro atoms. The molecule has 0 amide bonds. The van der Waals surface area contributed by atoms with Crippen LogP contribution in [-0.4, -0.2) is 67.9 Å². The Morgan fingerprint density at radius 3 is 2.65 bits per heavy atom. The smallest absolute Gasteiger partial charge is 0.256 e. The van der Waals surface area contributed by atoms with Gasteiger partial charge in [0, 0.05) is 38.6 Å². The van der Waals surface area contributed by atoms with Gasteiger partial charge in [0.2, 0.25) is 11.2 Å². The van der Waals surface area contributed by atoms with Crippen molar-refractivity contribution in [3.05, 3.63) is 23.7 Å². The fraction of sp³-hybridized carbons (Fsp3) is 0.455. The van der Waals surface area contributed by atoms with E-state index in [2.05, 4.69) is 42.4 Å². The average molecular weight is 295 g/mol. The molecule has 2 aromatic rings. The van der Waals surface area contributed by atoms with Crippen molar-refractivity contribution in [3.8, 4) is 5.95 Å². The summed E-state index contributed by atoms with van der Waals surface area (Å²) in [6.45, 7) is 3.80. The Balaban J connectivity index is 1.76. The third-order valence-corrected chi connectivity index (χ3v) is 3.24. The van der Waals surface area contributed by atoms with Gasteiger partial charge in [-0.25, -0.2) is 9.69 Å². The molecule has 20 heavy (non-hydrogen) atoms. The SMILES string of the molecule is CN1CCN(Nc2nc(Cl)nc(-n3cccn3)n2)CC1. The summed E-state index contributed by atoms with van der Waals surface area (Å²) in [5.41, 5.74) is 3.16. The average Bonchev–Trinajstić information content (AvgIpc) is 2.95. The summed E-state index contributed by atoms with van der Waals surface area (Å²) < 4.78 is 1.54. The molecule has 3 rings (SSSR count). The fourth-order valence-electron chi connectivity index (χ4n) is 1.94. The van der Waals surface area contributed by atoms with Gasteiger partial charge >= 0.3 is 0 Å². The Hall–Kier alpha value is -1.77. The summed E-state index contributed by atoms with van der Waals surface area (Å²) in [6.07, 6.45) is 3.41. The molecule has 8 nitrogen and oxygen atoms in total. The minimum Gasteiger partial charge on any atom is -0.304 e. The molecule has 0 saturated carbocycles. The van der Waals surface area contributed by atoms with Crippen molar-refractivity contribution in [3.63, 3.8) is 0 Å². The number of nitrogens with one attached hydrogen (secondary N) is 1. The monoisotopic (exact) mass is 294 g/mol. The molecule has 106 valence electrons. The van der Waals surface area contributed by atoms with Crippen molar-refractivity contribution in [1.82, 2.24) is 34.6 Å². The third-order valence-electron chi connectivity index (χ3n) is 3.07. The number of halogens is 1. The maximum Gasteiger partial charge on any atom is 0.256 e. The Kier molecular flexibility index (Phi) is 3.77. The van der Waals surface area contributed by atoms with Gasteiger partial charge in [0.25, 0.3) is 5.95 Å². The number of likely N-dealkylation sites (N-methyl/N-ethyl adjacent to an activating group) is 1. The van der Waals surface area contributed by atoms with E-state index in [-0.39, 0.29) is 5.28 Å². The molecule has 1 saturated heterocycles. The first-order valence-corrected chi connectivity index (χ1v) is 6.70. The lowest BCUT2D eigenvalue weighted by molar-refractivity contribution is 0.178. The van der Waals surface area contributed by atoms with Gasteiger partial charge < -0.3 is 4.90 Å². The molecule has 9 heteroatoms. The molecule has 1 aliphatic heterocycles. The van der Waals surface area contributed by atoms with Gasteiger partial charge in [-0.05, 0) is 24.7 Å². The molecule has 1 aliphatic rings. The molecule has 0 unspecified atom stereocenters. The molecule has 3 heterocycles. The van der Waals surface area contributed by atoms with Gasteiger partial charge in [-0.15, -0.1) is 0 Å². The van der Waals surface area contributed by atoms with E-state index in [4.69, 9.17) is 11.6 Å². The molecule has 0 aliphatic carbocycles. The second-order valence-electron chi connectivity index (χ2n) is 4.58. The van der Waals surface area contributed by atoms with Gasteiger partial charge in [0.05, 0.1) is 0 Å². The van der Waals surface area contributed by atoms with Crippen LogP contribution in [-0.2, 0) is 0 Å². The Morgan fingerprint density at radius 1 is 1.15 bits per heavy atom. The Labute approximate surface area is 121 Å². The summed E-state index contributed by atoms with van der Waals surface area (Å²) >= 11 is 5.94. The van der Waals surface area contributed by atoms with Crippen LogP contribution in [0.15, 0.2) is 18.5 Å². The van der Waals surface area contributed by atoms with Crippen LogP contribution in [0.2, 0.25) is 5.28 Å². The van der Waals surface area contributed by atoms with Gasteiger partial charge in [-0.1, -0.05) is 0 Å². The normalized spacial score (nSPS) is 17.3. The van der Waals surface area contributed by atoms with Crippen LogP contribution in [0.25, 0.3) is 5.95 Å². The largest absolute Gasteiger partial charge is 0.304 e. The van der Waals surface area contributed by atoms with Crippen molar-refractivity contribution >= 4 is 17.5 Å². The first-order valence-electron chi connectivity index (χ1n) is 6.32. The first-order chi connectivity index (χ1) is 9.70. The molecular formula is C11H15ClN8. The summed E-state index contributed by atoms with van der Waals surface area (Å²) in [5.74, 6) is 0.826. The van der Waals surface area contributed by atoms with E-state index in [1.807, 2.05) is 0 Å². The zero-order chi connectivity index (χ0) is 13.9. The van der Waals surface area contributed by atoms with E-state index in [0.717, 1.165) is 26.2 Å². The summed E-state index contributed by atoms with van der Waals surface area (Å²) in [5, 5.41) is 6.29. The van der Waals surface area contributed by atoms with Crippen LogP contribution < -0.4 is 5.43 Å². The molecule has 0 atom stereocenters. The molecule has 0 aromatic carbocycles. The molecule has 2 aromatic heterocycles. The van der Waals surface area contributed by atoms with Crippen molar-refractivity contribution in [2.45, 2.75) is 0 Å². The maximum absolute atomic E-state index is 5.94. The van der Waals surface area contributed by atoms with Gasteiger partial charge in [0.15, 0.2) is 0 Å². The summed E-state index contributed by atoms with van der Waals surface area (Å²) in [7, 11) is 2.10. The highest BCUT2D eigenvalue weighted by Crippen LogP contribution is 2.10. The molecule has 1 fully saturated rings. The highest BCUT2D eigenvalue weighted by Gasteiger charge is 2.15. The highest BCUT2D eigenvalue weighted by atomic mass is 35.5. The van der Waals surface area contributed by atoms with Crippen molar-refractivity contribution in [1.29, 1.82) is 0 Å². The van der Waals surface area contributed by atoms with E-state index in [1.165, 1.54) is 0 Å². The van der Waals surface area contributed by atoms with Crippen LogP contribution in [0.4, 0.5) is 5.95 Å². The van der Waals surface area contributed by atoms with Gasteiger partial charge in [0.1, 0.15) is 0 Å². The fourth-order valence-corrected chi connectivity index (χ4v) is 2.09. The second-order valence-corrected chi connectivity index (χ2v) is 4.92. The van der Waals surface area contributed by atoms with E-state index in [9.17, 15) is 0 Å². The number of aromatic nitrogens is 5. The summed E-state index contributed by atoms with van der Waals surface area (Å²) in [4.78, 5) is 14.7. The van der Waals surface area contributed by atoms with Crippen LogP contribution in [0.3, 0.4) is 0 Å². The molecular weight excluding hydrogens is 280 g/mol. The number of rotatable bonds is 3. The number of hydrogen-bond donors (Lipinski definition) is 1. The maximum atomic E-state index is 5.94. The van der Waals surface area contributed by atoms with E-state index in [1.54, 1.807) is 23.1 Å². The van der Waals surface area contributed by atoms with Crippen LogP contribution in [0, 0.1) is 0 Å². The molecule has 1 N–H and O–H groups in total. The Morgan fingerprint density at radius 2 is 1.95 bits per heavy atom. The zero-order valence-corrected chi connectivity index (χ0v) is 11.8. The number of anilines is 1. The lowest BCUT2D eigenvalue weighted by atomic mass is 10.4. The van der Waals surface area contributed by atoms with Gasteiger partial charge in [-0.2, -0.15) is 20.1 Å². The lowest BCUT2D eigenvalue weighted by Gasteiger charge is -2.32. The predicted molar refractivity (Wildman–Crippen MR) is 74.7 cm³/mol.